The zero-order chi connectivity index (χ0) is 18.8. The molecule has 0 aliphatic carbocycles. The number of guanidine groups is 1. The topological polar surface area (TPSA) is 63.5 Å². The first-order valence-electron chi connectivity index (χ1n) is 8.23. The fourth-order valence-corrected chi connectivity index (χ4v) is 2.12. The van der Waals surface area contributed by atoms with E-state index in [0.29, 0.717) is 31.2 Å². The molecule has 0 aromatic carbocycles. The fourth-order valence-electron chi connectivity index (χ4n) is 2.12. The van der Waals surface area contributed by atoms with Crippen LogP contribution >= 0.6 is 0 Å². The highest BCUT2D eigenvalue weighted by Gasteiger charge is 2.28. The predicted molar refractivity (Wildman–Crippen MR) is 93.0 cm³/mol. The van der Waals surface area contributed by atoms with Gasteiger partial charge in [-0.15, -0.1) is 0 Å². The molecule has 2 rings (SSSR count). The van der Waals surface area contributed by atoms with Crippen LogP contribution in [0.1, 0.15) is 12.5 Å². The summed E-state index contributed by atoms with van der Waals surface area (Å²) < 4.78 is 43.3. The van der Waals surface area contributed by atoms with Crippen LogP contribution in [0.2, 0.25) is 0 Å². The van der Waals surface area contributed by atoms with Gasteiger partial charge in [-0.05, 0) is 30.7 Å². The standard InChI is InChI=1S/C17H22F3N5O/c1-2-21-16(23-7-10-25-8-3-4-9-25)24-12-14-5-6-22-15(11-14)26-13-17(18,19)20/h3-6,8-9,11H,2,7,10,12-13H2,1H3,(H2,21,23,24). The molecule has 2 aromatic rings. The number of hydrogen-bond acceptors (Lipinski definition) is 3. The van der Waals surface area contributed by atoms with Gasteiger partial charge in [0.1, 0.15) is 0 Å². The molecule has 6 nitrogen and oxygen atoms in total. The Labute approximate surface area is 150 Å². The van der Waals surface area contributed by atoms with Gasteiger partial charge in [-0.1, -0.05) is 0 Å². The lowest BCUT2D eigenvalue weighted by atomic mass is 10.3. The number of hydrogen-bond donors (Lipinski definition) is 2. The molecule has 2 N–H and O–H groups in total. The highest BCUT2D eigenvalue weighted by Crippen LogP contribution is 2.17. The lowest BCUT2D eigenvalue weighted by Crippen LogP contribution is -2.38. The monoisotopic (exact) mass is 369 g/mol. The molecule has 0 saturated heterocycles. The highest BCUT2D eigenvalue weighted by atomic mass is 19.4. The smallest absolute Gasteiger partial charge is 0.422 e. The summed E-state index contributed by atoms with van der Waals surface area (Å²) in [5.74, 6) is 0.565. The Morgan fingerprint density at radius 2 is 2.04 bits per heavy atom. The molecule has 0 amide bonds. The summed E-state index contributed by atoms with van der Waals surface area (Å²) >= 11 is 0. The minimum absolute atomic E-state index is 0.0689. The van der Waals surface area contributed by atoms with Gasteiger partial charge in [0.2, 0.25) is 5.88 Å². The van der Waals surface area contributed by atoms with Crippen molar-refractivity contribution in [2.24, 2.45) is 4.99 Å². The van der Waals surface area contributed by atoms with Crippen LogP contribution in [0.5, 0.6) is 5.88 Å². The van der Waals surface area contributed by atoms with Gasteiger partial charge in [-0.2, -0.15) is 13.2 Å². The molecule has 9 heteroatoms. The van der Waals surface area contributed by atoms with Crippen LogP contribution in [0.15, 0.2) is 47.8 Å². The van der Waals surface area contributed by atoms with Crippen LogP contribution in [0.3, 0.4) is 0 Å². The Kier molecular flexibility index (Phi) is 7.31. The number of rotatable bonds is 8. The van der Waals surface area contributed by atoms with Gasteiger partial charge in [-0.25, -0.2) is 9.98 Å². The molecule has 0 fully saturated rings. The summed E-state index contributed by atoms with van der Waals surface area (Å²) in [6.45, 7) is 3.07. The Morgan fingerprint density at radius 3 is 2.73 bits per heavy atom. The normalized spacial score (nSPS) is 12.1. The lowest BCUT2D eigenvalue weighted by Gasteiger charge is -2.12. The molecular formula is C17H22F3N5O. The molecule has 0 saturated carbocycles. The molecule has 0 bridgehead atoms. The molecule has 0 radical (unpaired) electrons. The molecule has 0 unspecified atom stereocenters. The van der Waals surface area contributed by atoms with Crippen molar-refractivity contribution in [1.29, 1.82) is 0 Å². The first-order chi connectivity index (χ1) is 12.5. The molecule has 0 aliphatic heterocycles. The van der Waals surface area contributed by atoms with Gasteiger partial charge >= 0.3 is 6.18 Å². The van der Waals surface area contributed by atoms with Crippen molar-refractivity contribution in [2.45, 2.75) is 26.2 Å². The largest absolute Gasteiger partial charge is 0.468 e. The van der Waals surface area contributed by atoms with Gasteiger partial charge in [0.25, 0.3) is 0 Å². The van der Waals surface area contributed by atoms with Crippen molar-refractivity contribution >= 4 is 5.96 Å². The minimum Gasteiger partial charge on any atom is -0.468 e. The number of nitrogens with one attached hydrogen (secondary N) is 2. The number of halogens is 3. The van der Waals surface area contributed by atoms with Crippen LogP contribution < -0.4 is 15.4 Å². The number of alkyl halides is 3. The molecule has 2 heterocycles. The van der Waals surface area contributed by atoms with Crippen molar-refractivity contribution in [3.05, 3.63) is 48.4 Å². The SMILES string of the molecule is CCNC(=NCc1ccnc(OCC(F)(F)F)c1)NCCn1cccc1. The first kappa shape index (κ1) is 19.6. The fraction of sp³-hybridized carbons (Fsp3) is 0.412. The number of aromatic nitrogens is 2. The molecular weight excluding hydrogens is 347 g/mol. The van der Waals surface area contributed by atoms with E-state index in [1.165, 1.54) is 12.3 Å². The van der Waals surface area contributed by atoms with Crippen molar-refractivity contribution in [1.82, 2.24) is 20.2 Å². The van der Waals surface area contributed by atoms with E-state index in [2.05, 4.69) is 25.3 Å². The minimum atomic E-state index is -4.39. The second kappa shape index (κ2) is 9.69. The van der Waals surface area contributed by atoms with Gasteiger partial charge < -0.3 is 19.9 Å². The van der Waals surface area contributed by atoms with Gasteiger partial charge in [-0.3, -0.25) is 0 Å². The number of nitrogens with zero attached hydrogens (tertiary/aromatic N) is 3. The van der Waals surface area contributed by atoms with Crippen molar-refractivity contribution < 1.29 is 17.9 Å². The molecule has 2 aromatic heterocycles. The zero-order valence-electron chi connectivity index (χ0n) is 14.5. The lowest BCUT2D eigenvalue weighted by molar-refractivity contribution is -0.154. The summed E-state index contributed by atoms with van der Waals surface area (Å²) in [7, 11) is 0. The van der Waals surface area contributed by atoms with Crippen LogP contribution in [0.25, 0.3) is 0 Å². The molecule has 0 atom stereocenters. The Bertz CT molecular complexity index is 686. The number of aliphatic imine (C=N–C) groups is 1. The summed E-state index contributed by atoms with van der Waals surface area (Å²) in [5, 5.41) is 6.34. The van der Waals surface area contributed by atoms with Crippen molar-refractivity contribution in [3.8, 4) is 5.88 Å². The average molecular weight is 369 g/mol. The summed E-state index contributed by atoms with van der Waals surface area (Å²) in [6, 6.07) is 7.06. The quantitative estimate of drug-likeness (QED) is 0.555. The zero-order valence-corrected chi connectivity index (χ0v) is 14.5. The van der Waals surface area contributed by atoms with Gasteiger partial charge in [0.05, 0.1) is 6.54 Å². The molecule has 0 aliphatic rings. The van der Waals surface area contributed by atoms with E-state index >= 15 is 0 Å². The van der Waals surface area contributed by atoms with E-state index in [1.807, 2.05) is 36.0 Å². The second-order valence-corrected chi connectivity index (χ2v) is 5.45. The Morgan fingerprint density at radius 1 is 1.27 bits per heavy atom. The van der Waals surface area contributed by atoms with Crippen LogP contribution in [0.4, 0.5) is 13.2 Å². The molecule has 26 heavy (non-hydrogen) atoms. The second-order valence-electron chi connectivity index (χ2n) is 5.45. The van der Waals surface area contributed by atoms with E-state index < -0.39 is 12.8 Å². The van der Waals surface area contributed by atoms with E-state index in [9.17, 15) is 13.2 Å². The maximum Gasteiger partial charge on any atom is 0.422 e. The van der Waals surface area contributed by atoms with E-state index in [1.54, 1.807) is 6.07 Å². The van der Waals surface area contributed by atoms with Crippen molar-refractivity contribution in [3.63, 3.8) is 0 Å². The Hall–Kier alpha value is -2.71. The van der Waals surface area contributed by atoms with Crippen molar-refractivity contribution in [2.75, 3.05) is 19.7 Å². The van der Waals surface area contributed by atoms with E-state index in [-0.39, 0.29) is 5.88 Å². The third-order valence-electron chi connectivity index (χ3n) is 3.28. The van der Waals surface area contributed by atoms with Crippen LogP contribution in [-0.2, 0) is 13.1 Å². The summed E-state index contributed by atoms with van der Waals surface area (Å²) in [6.07, 6.45) is 0.969. The summed E-state index contributed by atoms with van der Waals surface area (Å²) in [5.41, 5.74) is 0.708. The maximum atomic E-state index is 12.2. The molecule has 0 spiro atoms. The maximum absolute atomic E-state index is 12.2. The Balaban J connectivity index is 1.89. The van der Waals surface area contributed by atoms with Gasteiger partial charge in [0.15, 0.2) is 12.6 Å². The first-order valence-corrected chi connectivity index (χ1v) is 8.23. The van der Waals surface area contributed by atoms with Crippen LogP contribution in [-0.4, -0.2) is 41.4 Å². The predicted octanol–water partition coefficient (Wildman–Crippen LogP) is 2.58. The average Bonchev–Trinajstić information content (AvgIpc) is 3.11. The van der Waals surface area contributed by atoms with E-state index in [0.717, 1.165) is 6.54 Å². The summed E-state index contributed by atoms with van der Waals surface area (Å²) in [4.78, 5) is 8.21. The van der Waals surface area contributed by atoms with Gasteiger partial charge in [0, 0.05) is 44.3 Å². The molecule has 142 valence electrons. The van der Waals surface area contributed by atoms with E-state index in [4.69, 9.17) is 0 Å². The third kappa shape index (κ3) is 7.45. The number of pyridine rings is 1. The number of ether oxygens (including phenoxy) is 1. The third-order valence-corrected chi connectivity index (χ3v) is 3.28. The highest BCUT2D eigenvalue weighted by molar-refractivity contribution is 5.79. The van der Waals surface area contributed by atoms with Crippen LogP contribution in [0, 0.1) is 0 Å².